The van der Waals surface area contributed by atoms with Gasteiger partial charge in [0.25, 0.3) is 10.0 Å². The Labute approximate surface area is 198 Å². The summed E-state index contributed by atoms with van der Waals surface area (Å²) < 4.78 is 87.6. The van der Waals surface area contributed by atoms with Gasteiger partial charge >= 0.3 is 6.18 Å². The molecule has 2 atom stereocenters. The Bertz CT molecular complexity index is 1280. The number of nitrogens with zero attached hydrogens (tertiary/aromatic N) is 3. The molecule has 182 valence electrons. The van der Waals surface area contributed by atoms with Crippen molar-refractivity contribution in [2.75, 3.05) is 19.7 Å². The first-order valence-electron chi connectivity index (χ1n) is 10.2. The number of rotatable bonds is 6. The highest BCUT2D eigenvalue weighted by atomic mass is 35.5. The van der Waals surface area contributed by atoms with E-state index < -0.39 is 38.5 Å². The van der Waals surface area contributed by atoms with Gasteiger partial charge in [-0.3, -0.25) is 0 Å². The van der Waals surface area contributed by atoms with Crippen molar-refractivity contribution >= 4 is 21.6 Å². The lowest BCUT2D eigenvalue weighted by Gasteiger charge is -2.20. The lowest BCUT2D eigenvalue weighted by atomic mass is 9.89. The number of benzene rings is 2. The molecular weight excluding hydrogens is 498 g/mol. The highest BCUT2D eigenvalue weighted by Gasteiger charge is 2.41. The van der Waals surface area contributed by atoms with Crippen molar-refractivity contribution in [1.82, 2.24) is 13.9 Å². The molecule has 0 unspecified atom stereocenters. The summed E-state index contributed by atoms with van der Waals surface area (Å²) in [7, 11) is -2.26. The molecule has 0 radical (unpaired) electrons. The number of halogens is 5. The Balaban J connectivity index is 1.59. The van der Waals surface area contributed by atoms with Crippen LogP contribution >= 0.6 is 11.6 Å². The van der Waals surface area contributed by atoms with Gasteiger partial charge in [0.1, 0.15) is 11.6 Å². The molecule has 6 nitrogen and oxygen atoms in total. The summed E-state index contributed by atoms with van der Waals surface area (Å²) in [6.07, 6.45) is -1.88. The van der Waals surface area contributed by atoms with Crippen molar-refractivity contribution in [1.29, 1.82) is 0 Å². The average Bonchev–Trinajstić information content (AvgIpc) is 3.40. The van der Waals surface area contributed by atoms with Gasteiger partial charge in [-0.2, -0.15) is 17.5 Å². The molecule has 0 amide bonds. The quantitative estimate of drug-likeness (QED) is 0.444. The topological polar surface area (TPSA) is 64.4 Å². The van der Waals surface area contributed by atoms with Crippen LogP contribution in [0.25, 0.3) is 0 Å². The monoisotopic (exact) mass is 517 g/mol. The van der Waals surface area contributed by atoms with Crippen molar-refractivity contribution < 1.29 is 30.7 Å². The van der Waals surface area contributed by atoms with Crippen LogP contribution in [0.5, 0.6) is 5.75 Å². The number of aryl methyl sites for hydroxylation is 1. The van der Waals surface area contributed by atoms with E-state index in [0.29, 0.717) is 5.56 Å². The normalized spacial score (nSPS) is 19.5. The first-order valence-corrected chi connectivity index (χ1v) is 12.0. The van der Waals surface area contributed by atoms with E-state index in [1.165, 1.54) is 39.6 Å². The zero-order chi connectivity index (χ0) is 24.7. The Hall–Kier alpha value is -2.63. The second-order valence-corrected chi connectivity index (χ2v) is 10.4. The highest BCUT2D eigenvalue weighted by molar-refractivity contribution is 7.89. The number of hydrogen-bond donors (Lipinski definition) is 0. The first kappa shape index (κ1) is 24.5. The molecule has 3 aromatic rings. The van der Waals surface area contributed by atoms with E-state index in [4.69, 9.17) is 16.3 Å². The number of aromatic nitrogens is 2. The van der Waals surface area contributed by atoms with E-state index in [1.54, 1.807) is 19.2 Å². The second kappa shape index (κ2) is 9.20. The summed E-state index contributed by atoms with van der Waals surface area (Å²) in [5.74, 6) is -1.25. The van der Waals surface area contributed by atoms with Gasteiger partial charge in [-0.25, -0.2) is 17.8 Å². The van der Waals surface area contributed by atoms with Gasteiger partial charge in [0.05, 0.1) is 23.5 Å². The minimum atomic E-state index is -4.64. The highest BCUT2D eigenvalue weighted by Crippen LogP contribution is 2.38. The van der Waals surface area contributed by atoms with Gasteiger partial charge < -0.3 is 9.30 Å². The SMILES string of the molecule is Cn1cnc(S(=O)(=O)N2C[C@@H](COc3ccc(Cl)c(C(F)(F)F)c3)[C@H](c3ccc(F)cc3)C2)c1. The van der Waals surface area contributed by atoms with Crippen LogP contribution in [-0.4, -0.2) is 42.0 Å². The number of alkyl halides is 3. The molecule has 12 heteroatoms. The zero-order valence-corrected chi connectivity index (χ0v) is 19.4. The summed E-state index contributed by atoms with van der Waals surface area (Å²) in [5, 5.41) is -0.556. The third kappa shape index (κ3) is 5.06. The molecule has 1 fully saturated rings. The molecule has 34 heavy (non-hydrogen) atoms. The maximum absolute atomic E-state index is 13.5. The third-order valence-electron chi connectivity index (χ3n) is 5.70. The van der Waals surface area contributed by atoms with E-state index in [2.05, 4.69) is 4.98 Å². The van der Waals surface area contributed by atoms with Crippen molar-refractivity contribution in [2.24, 2.45) is 13.0 Å². The van der Waals surface area contributed by atoms with E-state index in [-0.39, 0.29) is 36.4 Å². The van der Waals surface area contributed by atoms with Gasteiger partial charge in [0.15, 0.2) is 5.03 Å². The molecule has 0 saturated carbocycles. The maximum Gasteiger partial charge on any atom is 0.417 e. The lowest BCUT2D eigenvalue weighted by Crippen LogP contribution is -2.30. The van der Waals surface area contributed by atoms with Crippen molar-refractivity contribution in [3.63, 3.8) is 0 Å². The van der Waals surface area contributed by atoms with E-state index in [0.717, 1.165) is 12.1 Å². The minimum Gasteiger partial charge on any atom is -0.493 e. The van der Waals surface area contributed by atoms with E-state index >= 15 is 0 Å². The standard InChI is InChI=1S/C22H20ClF4N3O3S/c1-29-11-21(28-13-29)34(31,32)30-9-15(18(10-30)14-2-4-16(24)5-3-14)12-33-17-6-7-20(23)19(8-17)22(25,26)27/h2-8,11,13,15,18H,9-10,12H2,1H3/t15-,18-/m0/s1. The van der Waals surface area contributed by atoms with Crippen LogP contribution in [0.2, 0.25) is 5.02 Å². The molecule has 0 N–H and O–H groups in total. The Morgan fingerprint density at radius 3 is 2.47 bits per heavy atom. The van der Waals surface area contributed by atoms with Crippen LogP contribution < -0.4 is 4.74 Å². The fourth-order valence-corrected chi connectivity index (χ4v) is 5.67. The van der Waals surface area contributed by atoms with Gasteiger partial charge in [0.2, 0.25) is 0 Å². The van der Waals surface area contributed by atoms with Gasteiger partial charge in [0, 0.05) is 38.2 Å². The molecular formula is C22H20ClF4N3O3S. The van der Waals surface area contributed by atoms with Crippen molar-refractivity contribution in [2.45, 2.75) is 17.1 Å². The number of imidazole rings is 1. The van der Waals surface area contributed by atoms with Crippen LogP contribution in [0.4, 0.5) is 17.6 Å². The van der Waals surface area contributed by atoms with Crippen molar-refractivity contribution in [3.05, 3.63) is 77.0 Å². The van der Waals surface area contributed by atoms with Crippen LogP contribution in [0.15, 0.2) is 60.0 Å². The first-order chi connectivity index (χ1) is 15.9. The van der Waals surface area contributed by atoms with Gasteiger partial charge in [-0.15, -0.1) is 0 Å². The summed E-state index contributed by atoms with van der Waals surface area (Å²) in [4.78, 5) is 3.93. The third-order valence-corrected chi connectivity index (χ3v) is 7.75. The molecule has 1 saturated heterocycles. The molecule has 0 bridgehead atoms. The van der Waals surface area contributed by atoms with Crippen LogP contribution in [0, 0.1) is 11.7 Å². The summed E-state index contributed by atoms with van der Waals surface area (Å²) in [5.41, 5.74) is -0.326. The number of ether oxygens (including phenoxy) is 1. The largest absolute Gasteiger partial charge is 0.493 e. The summed E-state index contributed by atoms with van der Waals surface area (Å²) in [6.45, 7) is 0.0862. The number of sulfonamides is 1. The number of hydrogen-bond acceptors (Lipinski definition) is 4. The Morgan fingerprint density at radius 1 is 1.15 bits per heavy atom. The van der Waals surface area contributed by atoms with Crippen LogP contribution in [-0.2, 0) is 23.2 Å². The molecule has 2 heterocycles. The Kier molecular flexibility index (Phi) is 6.63. The molecule has 1 aliphatic heterocycles. The van der Waals surface area contributed by atoms with E-state index in [1.807, 2.05) is 0 Å². The predicted molar refractivity (Wildman–Crippen MR) is 117 cm³/mol. The Morgan fingerprint density at radius 2 is 1.85 bits per heavy atom. The fourth-order valence-electron chi connectivity index (χ4n) is 3.95. The van der Waals surface area contributed by atoms with Gasteiger partial charge in [-0.05, 0) is 35.9 Å². The van der Waals surface area contributed by atoms with Gasteiger partial charge in [-0.1, -0.05) is 23.7 Å². The second-order valence-electron chi connectivity index (χ2n) is 8.07. The summed E-state index contributed by atoms with van der Waals surface area (Å²) in [6, 6.07) is 8.91. The van der Waals surface area contributed by atoms with Crippen LogP contribution in [0.3, 0.4) is 0 Å². The molecule has 0 aliphatic carbocycles. The average molecular weight is 518 g/mol. The predicted octanol–water partition coefficient (Wildman–Crippen LogP) is 4.71. The van der Waals surface area contributed by atoms with E-state index in [9.17, 15) is 26.0 Å². The summed E-state index contributed by atoms with van der Waals surface area (Å²) >= 11 is 5.67. The molecule has 0 spiro atoms. The molecule has 1 aromatic heterocycles. The zero-order valence-electron chi connectivity index (χ0n) is 17.8. The molecule has 1 aliphatic rings. The maximum atomic E-state index is 13.5. The lowest BCUT2D eigenvalue weighted by molar-refractivity contribution is -0.137. The van der Waals surface area contributed by atoms with Crippen LogP contribution in [0.1, 0.15) is 17.0 Å². The minimum absolute atomic E-state index is 0.0411. The smallest absolute Gasteiger partial charge is 0.417 e. The molecule has 2 aromatic carbocycles. The fraction of sp³-hybridized carbons (Fsp3) is 0.318. The molecule has 4 rings (SSSR count). The van der Waals surface area contributed by atoms with Crippen molar-refractivity contribution in [3.8, 4) is 5.75 Å².